The van der Waals surface area contributed by atoms with E-state index in [0.717, 1.165) is 23.4 Å². The Morgan fingerprint density at radius 1 is 1.44 bits per heavy atom. The number of rotatable bonds is 5. The molecule has 1 atom stereocenters. The molecule has 5 heteroatoms. The summed E-state index contributed by atoms with van der Waals surface area (Å²) < 4.78 is 7.26. The lowest BCUT2D eigenvalue weighted by atomic mass is 10.0. The fraction of sp³-hybridized carbons (Fsp3) is 0.385. The van der Waals surface area contributed by atoms with Gasteiger partial charge in [-0.3, -0.25) is 9.67 Å². The van der Waals surface area contributed by atoms with Crippen LogP contribution >= 0.6 is 0 Å². The van der Waals surface area contributed by atoms with E-state index in [1.165, 1.54) is 0 Å². The molecule has 0 saturated carbocycles. The molecule has 2 aromatic rings. The highest BCUT2D eigenvalue weighted by molar-refractivity contribution is 5.38. The van der Waals surface area contributed by atoms with Gasteiger partial charge in [-0.2, -0.15) is 5.10 Å². The van der Waals surface area contributed by atoms with Crippen molar-refractivity contribution in [3.63, 3.8) is 0 Å². The molecule has 1 unspecified atom stereocenters. The number of aryl methyl sites for hydroxylation is 1. The Labute approximate surface area is 107 Å². The summed E-state index contributed by atoms with van der Waals surface area (Å²) in [5, 5.41) is 7.59. The smallest absolute Gasteiger partial charge is 0.142 e. The Hall–Kier alpha value is -1.88. The summed E-state index contributed by atoms with van der Waals surface area (Å²) in [7, 11) is 3.58. The lowest BCUT2D eigenvalue weighted by Crippen LogP contribution is -2.18. The molecule has 0 spiro atoms. The van der Waals surface area contributed by atoms with Crippen molar-refractivity contribution in [3.8, 4) is 5.75 Å². The molecule has 2 rings (SSSR count). The average Bonchev–Trinajstić information content (AvgIpc) is 2.89. The van der Waals surface area contributed by atoms with Crippen molar-refractivity contribution in [2.75, 3.05) is 14.2 Å². The summed E-state index contributed by atoms with van der Waals surface area (Å²) in [6.07, 6.45) is 7.42. The molecule has 0 bridgehead atoms. The van der Waals surface area contributed by atoms with Gasteiger partial charge in [0.1, 0.15) is 5.75 Å². The predicted octanol–water partition coefficient (Wildman–Crippen LogP) is 1.62. The van der Waals surface area contributed by atoms with Gasteiger partial charge in [0, 0.05) is 30.1 Å². The number of pyridine rings is 1. The van der Waals surface area contributed by atoms with Crippen LogP contribution in [0.3, 0.4) is 0 Å². The molecule has 0 saturated heterocycles. The number of nitrogens with one attached hydrogen (secondary N) is 1. The summed E-state index contributed by atoms with van der Waals surface area (Å²) in [5.41, 5.74) is 2.18. The molecule has 0 aliphatic heterocycles. The first-order chi connectivity index (χ1) is 8.80. The van der Waals surface area contributed by atoms with E-state index in [0.29, 0.717) is 0 Å². The zero-order valence-corrected chi connectivity index (χ0v) is 10.9. The Bertz CT molecular complexity index is 509. The highest BCUT2D eigenvalue weighted by Crippen LogP contribution is 2.28. The number of aromatic nitrogens is 3. The number of ether oxygens (including phenoxy) is 1. The molecule has 0 aromatic carbocycles. The fourth-order valence-electron chi connectivity index (χ4n) is 2.00. The summed E-state index contributed by atoms with van der Waals surface area (Å²) in [6.45, 7) is 2.93. The molecule has 5 nitrogen and oxygen atoms in total. The van der Waals surface area contributed by atoms with Gasteiger partial charge in [-0.15, -0.1) is 0 Å². The van der Waals surface area contributed by atoms with E-state index in [1.807, 2.05) is 30.2 Å². The van der Waals surface area contributed by atoms with Crippen molar-refractivity contribution >= 4 is 0 Å². The second-order valence-corrected chi connectivity index (χ2v) is 3.97. The van der Waals surface area contributed by atoms with Crippen molar-refractivity contribution in [2.45, 2.75) is 19.5 Å². The van der Waals surface area contributed by atoms with Gasteiger partial charge in [0.25, 0.3) is 0 Å². The summed E-state index contributed by atoms with van der Waals surface area (Å²) >= 11 is 0. The van der Waals surface area contributed by atoms with E-state index < -0.39 is 0 Å². The van der Waals surface area contributed by atoms with E-state index in [2.05, 4.69) is 22.3 Å². The zero-order valence-electron chi connectivity index (χ0n) is 10.9. The first-order valence-electron chi connectivity index (χ1n) is 5.97. The van der Waals surface area contributed by atoms with Crippen LogP contribution in [0.5, 0.6) is 5.75 Å². The van der Waals surface area contributed by atoms with Gasteiger partial charge >= 0.3 is 0 Å². The lowest BCUT2D eigenvalue weighted by molar-refractivity contribution is 0.403. The van der Waals surface area contributed by atoms with E-state index in [1.54, 1.807) is 19.5 Å². The molecule has 2 heterocycles. The molecule has 0 aliphatic rings. The van der Waals surface area contributed by atoms with Crippen LogP contribution in [-0.4, -0.2) is 28.9 Å². The van der Waals surface area contributed by atoms with Crippen molar-refractivity contribution in [2.24, 2.45) is 0 Å². The van der Waals surface area contributed by atoms with Crippen molar-refractivity contribution in [1.29, 1.82) is 0 Å². The van der Waals surface area contributed by atoms with Gasteiger partial charge in [0.05, 0.1) is 25.5 Å². The van der Waals surface area contributed by atoms with Crippen molar-refractivity contribution in [3.05, 3.63) is 42.0 Å². The Balaban J connectivity index is 2.38. The molecule has 0 amide bonds. The molecule has 0 radical (unpaired) electrons. The van der Waals surface area contributed by atoms with Gasteiger partial charge in [-0.1, -0.05) is 0 Å². The zero-order chi connectivity index (χ0) is 13.0. The second-order valence-electron chi connectivity index (χ2n) is 3.97. The van der Waals surface area contributed by atoms with Gasteiger partial charge in [0.15, 0.2) is 0 Å². The largest absolute Gasteiger partial charge is 0.495 e. The van der Waals surface area contributed by atoms with Gasteiger partial charge in [0.2, 0.25) is 0 Å². The van der Waals surface area contributed by atoms with Gasteiger partial charge in [-0.25, -0.2) is 0 Å². The highest BCUT2D eigenvalue weighted by atomic mass is 16.5. The van der Waals surface area contributed by atoms with Crippen LogP contribution in [0.15, 0.2) is 30.9 Å². The SMILES string of the molecule is CCn1cc(C(NC)c2ccncc2OC)cn1. The second kappa shape index (κ2) is 5.64. The third-order valence-electron chi connectivity index (χ3n) is 2.95. The molecule has 0 aliphatic carbocycles. The maximum Gasteiger partial charge on any atom is 0.142 e. The molecular formula is C13H18N4O. The van der Waals surface area contributed by atoms with Crippen molar-refractivity contribution < 1.29 is 4.74 Å². The lowest BCUT2D eigenvalue weighted by Gasteiger charge is -2.17. The Morgan fingerprint density at radius 2 is 2.28 bits per heavy atom. The maximum atomic E-state index is 5.35. The van der Waals surface area contributed by atoms with E-state index in [4.69, 9.17) is 4.74 Å². The van der Waals surface area contributed by atoms with E-state index in [-0.39, 0.29) is 6.04 Å². The summed E-state index contributed by atoms with van der Waals surface area (Å²) in [6, 6.07) is 2.02. The first kappa shape index (κ1) is 12.6. The molecular weight excluding hydrogens is 228 g/mol. The van der Waals surface area contributed by atoms with Crippen LogP contribution < -0.4 is 10.1 Å². The third-order valence-corrected chi connectivity index (χ3v) is 2.95. The molecule has 18 heavy (non-hydrogen) atoms. The minimum absolute atomic E-state index is 0.0586. The minimum atomic E-state index is 0.0586. The minimum Gasteiger partial charge on any atom is -0.495 e. The van der Waals surface area contributed by atoms with Crippen LogP contribution in [0, 0.1) is 0 Å². The number of nitrogens with zero attached hydrogens (tertiary/aromatic N) is 3. The summed E-state index contributed by atoms with van der Waals surface area (Å²) in [5.74, 6) is 0.779. The third kappa shape index (κ3) is 2.36. The van der Waals surface area contributed by atoms with E-state index in [9.17, 15) is 0 Å². The first-order valence-corrected chi connectivity index (χ1v) is 5.97. The number of methoxy groups -OCH3 is 1. The summed E-state index contributed by atoms with van der Waals surface area (Å²) in [4.78, 5) is 4.07. The van der Waals surface area contributed by atoms with Crippen LogP contribution in [0.25, 0.3) is 0 Å². The predicted molar refractivity (Wildman–Crippen MR) is 69.6 cm³/mol. The van der Waals surface area contributed by atoms with Crippen LogP contribution in [0.1, 0.15) is 24.1 Å². The number of hydrogen-bond acceptors (Lipinski definition) is 4. The maximum absolute atomic E-state index is 5.35. The highest BCUT2D eigenvalue weighted by Gasteiger charge is 2.17. The van der Waals surface area contributed by atoms with Gasteiger partial charge in [-0.05, 0) is 20.0 Å². The van der Waals surface area contributed by atoms with Crippen LogP contribution in [0.4, 0.5) is 0 Å². The van der Waals surface area contributed by atoms with Gasteiger partial charge < -0.3 is 10.1 Å². The topological polar surface area (TPSA) is 52.0 Å². The fourth-order valence-corrected chi connectivity index (χ4v) is 2.00. The average molecular weight is 246 g/mol. The molecule has 96 valence electrons. The standard InChI is InChI=1S/C13H18N4O/c1-4-17-9-10(7-16-17)13(14-2)11-5-6-15-8-12(11)18-3/h5-9,13-14H,4H2,1-3H3. The molecule has 2 aromatic heterocycles. The Morgan fingerprint density at radius 3 is 2.89 bits per heavy atom. The van der Waals surface area contributed by atoms with Crippen LogP contribution in [-0.2, 0) is 6.54 Å². The quantitative estimate of drug-likeness (QED) is 0.871. The molecule has 0 fully saturated rings. The monoisotopic (exact) mass is 246 g/mol. The normalized spacial score (nSPS) is 12.4. The molecule has 1 N–H and O–H groups in total. The van der Waals surface area contributed by atoms with Crippen molar-refractivity contribution in [1.82, 2.24) is 20.1 Å². The Kier molecular flexibility index (Phi) is 3.94. The van der Waals surface area contributed by atoms with E-state index >= 15 is 0 Å². The van der Waals surface area contributed by atoms with Crippen LogP contribution in [0.2, 0.25) is 0 Å². The number of hydrogen-bond donors (Lipinski definition) is 1.